The Hall–Kier alpha value is -2.34. The number of nitrogens with zero attached hydrogens (tertiary/aromatic N) is 1. The van der Waals surface area contributed by atoms with Crippen molar-refractivity contribution < 1.29 is 14.3 Å². The summed E-state index contributed by atoms with van der Waals surface area (Å²) >= 11 is 1.41. The first-order valence-corrected chi connectivity index (χ1v) is 8.60. The van der Waals surface area contributed by atoms with Gasteiger partial charge in [0.25, 0.3) is 5.91 Å². The van der Waals surface area contributed by atoms with Crippen molar-refractivity contribution in [3.8, 4) is 11.5 Å². The highest BCUT2D eigenvalue weighted by Crippen LogP contribution is 2.28. The molecule has 0 aliphatic carbocycles. The summed E-state index contributed by atoms with van der Waals surface area (Å²) in [5, 5.41) is 5.28. The lowest BCUT2D eigenvalue weighted by molar-refractivity contribution is -0.118. The molecule has 5 nitrogen and oxygen atoms in total. The fourth-order valence-corrected chi connectivity index (χ4v) is 2.90. The van der Waals surface area contributed by atoms with Gasteiger partial charge in [0.05, 0.1) is 12.8 Å². The first-order valence-electron chi connectivity index (χ1n) is 7.72. The molecule has 0 atom stereocenters. The number of amides is 1. The van der Waals surface area contributed by atoms with Gasteiger partial charge in [-0.1, -0.05) is 32.1 Å². The minimum atomic E-state index is -0.251. The second-order valence-electron chi connectivity index (χ2n) is 5.48. The lowest BCUT2D eigenvalue weighted by atomic mass is 10.2. The van der Waals surface area contributed by atoms with Crippen LogP contribution in [0.5, 0.6) is 11.5 Å². The largest absolute Gasteiger partial charge is 0.493 e. The molecular formula is C18H22N2O3S. The normalized spacial score (nSPS) is 11.0. The number of rotatable bonds is 7. The molecule has 0 saturated heterocycles. The average Bonchev–Trinajstić information content (AvgIpc) is 3.02. The van der Waals surface area contributed by atoms with Crippen LogP contribution < -0.4 is 14.8 Å². The van der Waals surface area contributed by atoms with Gasteiger partial charge in [-0.05, 0) is 30.5 Å². The van der Waals surface area contributed by atoms with Gasteiger partial charge in [0.2, 0.25) is 0 Å². The molecule has 0 spiro atoms. The number of hydrogen-bond acceptors (Lipinski definition) is 5. The summed E-state index contributed by atoms with van der Waals surface area (Å²) in [7, 11) is 1.57. The molecule has 1 heterocycles. The molecule has 1 aromatic heterocycles. The van der Waals surface area contributed by atoms with Crippen molar-refractivity contribution in [2.24, 2.45) is 0 Å². The Kier molecular flexibility index (Phi) is 6.37. The van der Waals surface area contributed by atoms with Crippen molar-refractivity contribution >= 4 is 28.5 Å². The minimum absolute atomic E-state index is 0.101. The SMILES string of the molecule is C/C=C/c1ccc(OCC(=O)Nc2nc(C(C)C)cs2)c(OC)c1. The number of allylic oxidation sites excluding steroid dienone is 1. The van der Waals surface area contributed by atoms with Crippen LogP contribution in [-0.4, -0.2) is 24.6 Å². The van der Waals surface area contributed by atoms with Crippen molar-refractivity contribution in [1.82, 2.24) is 4.98 Å². The summed E-state index contributed by atoms with van der Waals surface area (Å²) in [6.07, 6.45) is 3.91. The van der Waals surface area contributed by atoms with Gasteiger partial charge in [-0.15, -0.1) is 11.3 Å². The van der Waals surface area contributed by atoms with Crippen LogP contribution >= 0.6 is 11.3 Å². The van der Waals surface area contributed by atoms with Crippen LogP contribution in [-0.2, 0) is 4.79 Å². The number of aromatic nitrogens is 1. The van der Waals surface area contributed by atoms with Crippen LogP contribution in [0.4, 0.5) is 5.13 Å². The number of ether oxygens (including phenoxy) is 2. The first-order chi connectivity index (χ1) is 11.5. The standard InChI is InChI=1S/C18H22N2O3S/c1-5-6-13-7-8-15(16(9-13)22-4)23-10-17(21)20-18-19-14(11-24-18)12(2)3/h5-9,11-12H,10H2,1-4H3,(H,19,20,21)/b6-5+. The van der Waals surface area contributed by atoms with Crippen LogP contribution in [0.15, 0.2) is 29.7 Å². The van der Waals surface area contributed by atoms with Crippen LogP contribution in [0, 0.1) is 0 Å². The quantitative estimate of drug-likeness (QED) is 0.811. The van der Waals surface area contributed by atoms with E-state index in [9.17, 15) is 4.79 Å². The zero-order chi connectivity index (χ0) is 17.5. The topological polar surface area (TPSA) is 60.5 Å². The van der Waals surface area contributed by atoms with Gasteiger partial charge in [0.15, 0.2) is 23.2 Å². The Morgan fingerprint density at radius 2 is 2.17 bits per heavy atom. The van der Waals surface area contributed by atoms with E-state index in [-0.39, 0.29) is 12.5 Å². The predicted octanol–water partition coefficient (Wildman–Crippen LogP) is 4.33. The van der Waals surface area contributed by atoms with Crippen molar-refractivity contribution in [2.45, 2.75) is 26.7 Å². The van der Waals surface area contributed by atoms with Gasteiger partial charge in [0, 0.05) is 5.38 Å². The van der Waals surface area contributed by atoms with Crippen LogP contribution in [0.2, 0.25) is 0 Å². The second kappa shape index (κ2) is 8.49. The molecule has 0 aliphatic rings. The molecule has 0 fully saturated rings. The molecule has 1 N–H and O–H groups in total. The zero-order valence-corrected chi connectivity index (χ0v) is 15.1. The summed E-state index contributed by atoms with van der Waals surface area (Å²) in [5.74, 6) is 1.21. The first kappa shape index (κ1) is 18.0. The van der Waals surface area contributed by atoms with Gasteiger partial charge in [-0.3, -0.25) is 10.1 Å². The van der Waals surface area contributed by atoms with E-state index < -0.39 is 0 Å². The molecule has 0 unspecified atom stereocenters. The van der Waals surface area contributed by atoms with E-state index in [4.69, 9.17) is 9.47 Å². The van der Waals surface area contributed by atoms with Gasteiger partial charge in [-0.25, -0.2) is 4.98 Å². The summed E-state index contributed by atoms with van der Waals surface area (Å²) in [4.78, 5) is 16.4. The van der Waals surface area contributed by atoms with Crippen molar-refractivity contribution in [2.75, 3.05) is 19.0 Å². The summed E-state index contributed by atoms with van der Waals surface area (Å²) in [6.45, 7) is 5.97. The van der Waals surface area contributed by atoms with Gasteiger partial charge >= 0.3 is 0 Å². The Balaban J connectivity index is 1.95. The number of benzene rings is 1. The van der Waals surface area contributed by atoms with Gasteiger partial charge in [-0.2, -0.15) is 0 Å². The monoisotopic (exact) mass is 346 g/mol. The van der Waals surface area contributed by atoms with E-state index in [2.05, 4.69) is 24.1 Å². The van der Waals surface area contributed by atoms with E-state index in [1.807, 2.05) is 36.6 Å². The molecule has 0 aliphatic heterocycles. The lowest BCUT2D eigenvalue weighted by Crippen LogP contribution is -2.20. The molecule has 1 aromatic carbocycles. The summed E-state index contributed by atoms with van der Waals surface area (Å²) in [5.41, 5.74) is 1.98. The third kappa shape index (κ3) is 4.83. The summed E-state index contributed by atoms with van der Waals surface area (Å²) < 4.78 is 10.9. The predicted molar refractivity (Wildman–Crippen MR) is 98.0 cm³/mol. The van der Waals surface area contributed by atoms with Crippen LogP contribution in [0.3, 0.4) is 0 Å². The average molecular weight is 346 g/mol. The number of thiazole rings is 1. The number of carbonyl (C=O) groups is 1. The van der Waals surface area contributed by atoms with E-state index in [0.29, 0.717) is 22.5 Å². The lowest BCUT2D eigenvalue weighted by Gasteiger charge is -2.11. The smallest absolute Gasteiger partial charge is 0.264 e. The number of anilines is 1. The zero-order valence-electron chi connectivity index (χ0n) is 14.3. The molecular weight excluding hydrogens is 324 g/mol. The molecule has 0 saturated carbocycles. The third-order valence-electron chi connectivity index (χ3n) is 3.27. The van der Waals surface area contributed by atoms with Gasteiger partial charge in [0.1, 0.15) is 0 Å². The Labute approximate surface area is 146 Å². The second-order valence-corrected chi connectivity index (χ2v) is 6.34. The molecule has 0 radical (unpaired) electrons. The van der Waals surface area contributed by atoms with E-state index in [0.717, 1.165) is 11.3 Å². The van der Waals surface area contributed by atoms with E-state index in [1.54, 1.807) is 13.2 Å². The maximum atomic E-state index is 12.0. The molecule has 128 valence electrons. The highest BCUT2D eigenvalue weighted by Gasteiger charge is 2.11. The third-order valence-corrected chi connectivity index (χ3v) is 4.04. The maximum Gasteiger partial charge on any atom is 0.264 e. The van der Waals surface area contributed by atoms with Crippen molar-refractivity contribution in [3.63, 3.8) is 0 Å². The highest BCUT2D eigenvalue weighted by atomic mass is 32.1. The number of nitrogens with one attached hydrogen (secondary N) is 1. The number of carbonyl (C=O) groups excluding carboxylic acids is 1. The Bertz CT molecular complexity index is 723. The van der Waals surface area contributed by atoms with Crippen molar-refractivity contribution in [1.29, 1.82) is 0 Å². The van der Waals surface area contributed by atoms with Gasteiger partial charge < -0.3 is 9.47 Å². The molecule has 24 heavy (non-hydrogen) atoms. The molecule has 2 rings (SSSR count). The minimum Gasteiger partial charge on any atom is -0.493 e. The van der Waals surface area contributed by atoms with Crippen LogP contribution in [0.25, 0.3) is 6.08 Å². The fourth-order valence-electron chi connectivity index (χ4n) is 2.01. The van der Waals surface area contributed by atoms with E-state index >= 15 is 0 Å². The van der Waals surface area contributed by atoms with Crippen LogP contribution in [0.1, 0.15) is 37.9 Å². The Morgan fingerprint density at radius 1 is 1.38 bits per heavy atom. The molecule has 2 aromatic rings. The fraction of sp³-hybridized carbons (Fsp3) is 0.333. The molecule has 1 amide bonds. The van der Waals surface area contributed by atoms with E-state index in [1.165, 1.54) is 11.3 Å². The Morgan fingerprint density at radius 3 is 2.79 bits per heavy atom. The number of hydrogen-bond donors (Lipinski definition) is 1. The summed E-state index contributed by atoms with van der Waals surface area (Å²) in [6, 6.07) is 5.57. The molecule has 6 heteroatoms. The number of methoxy groups -OCH3 is 1. The highest BCUT2D eigenvalue weighted by molar-refractivity contribution is 7.13. The molecule has 0 bridgehead atoms. The van der Waals surface area contributed by atoms with Crippen molar-refractivity contribution in [3.05, 3.63) is 40.9 Å². The maximum absolute atomic E-state index is 12.0.